The number of carbonyl (C=O) groups is 1. The zero-order valence-corrected chi connectivity index (χ0v) is 11.9. The van der Waals surface area contributed by atoms with Gasteiger partial charge in [-0.15, -0.1) is 6.58 Å². The molecule has 0 fully saturated rings. The molecule has 0 spiro atoms. The molecule has 0 radical (unpaired) electrons. The van der Waals surface area contributed by atoms with E-state index in [0.29, 0.717) is 18.5 Å². The van der Waals surface area contributed by atoms with Crippen LogP contribution >= 0.6 is 0 Å². The quantitative estimate of drug-likeness (QED) is 0.618. The fraction of sp³-hybridized carbons (Fsp3) is 0.308. The van der Waals surface area contributed by atoms with Crippen molar-refractivity contribution in [2.75, 3.05) is 18.4 Å². The molecule has 1 amide bonds. The van der Waals surface area contributed by atoms with E-state index in [0.717, 1.165) is 0 Å². The minimum atomic E-state index is -3.60. The van der Waals surface area contributed by atoms with Gasteiger partial charge in [-0.25, -0.2) is 13.1 Å². The second kappa shape index (κ2) is 7.78. The van der Waals surface area contributed by atoms with Crippen molar-refractivity contribution in [1.82, 2.24) is 4.72 Å². The first-order chi connectivity index (χ1) is 9.49. The van der Waals surface area contributed by atoms with Gasteiger partial charge in [-0.1, -0.05) is 12.1 Å². The number of allylic oxidation sites excluding steroid dienone is 1. The summed E-state index contributed by atoms with van der Waals surface area (Å²) in [7, 11) is -3.60. The Morgan fingerprint density at radius 3 is 2.80 bits per heavy atom. The molecule has 7 heteroatoms. The van der Waals surface area contributed by atoms with Crippen molar-refractivity contribution in [1.29, 1.82) is 0 Å². The minimum absolute atomic E-state index is 0.0903. The molecule has 0 heterocycles. The van der Waals surface area contributed by atoms with Crippen LogP contribution in [0.3, 0.4) is 0 Å². The van der Waals surface area contributed by atoms with Crippen LogP contribution in [0.15, 0.2) is 41.8 Å². The predicted octanol–water partition coefficient (Wildman–Crippen LogP) is 0.828. The van der Waals surface area contributed by atoms with E-state index in [-0.39, 0.29) is 23.9 Å². The maximum atomic E-state index is 11.9. The molecule has 0 aromatic heterocycles. The van der Waals surface area contributed by atoms with E-state index in [1.165, 1.54) is 12.1 Å². The van der Waals surface area contributed by atoms with Crippen LogP contribution in [0.25, 0.3) is 0 Å². The summed E-state index contributed by atoms with van der Waals surface area (Å²) in [4.78, 5) is 11.7. The van der Waals surface area contributed by atoms with Gasteiger partial charge >= 0.3 is 0 Å². The lowest BCUT2D eigenvalue weighted by Crippen LogP contribution is -2.29. The van der Waals surface area contributed by atoms with Crippen molar-refractivity contribution >= 4 is 21.6 Å². The van der Waals surface area contributed by atoms with E-state index in [1.807, 2.05) is 0 Å². The fourth-order valence-corrected chi connectivity index (χ4v) is 2.57. The molecule has 0 aliphatic carbocycles. The largest absolute Gasteiger partial charge is 0.329 e. The standard InChI is InChI=1S/C13H19N3O3S/c1-2-3-7-13(17)16-11-5-4-6-12(10-11)20(18,19)15-9-8-14/h2,4-6,10,15H,1,3,7-9,14H2,(H,16,17). The number of rotatable bonds is 8. The van der Waals surface area contributed by atoms with Gasteiger partial charge in [0.25, 0.3) is 0 Å². The van der Waals surface area contributed by atoms with Gasteiger partial charge in [0, 0.05) is 25.2 Å². The van der Waals surface area contributed by atoms with Crippen LogP contribution < -0.4 is 15.8 Å². The third-order valence-electron chi connectivity index (χ3n) is 2.44. The van der Waals surface area contributed by atoms with Gasteiger partial charge in [0.1, 0.15) is 0 Å². The summed E-state index contributed by atoms with van der Waals surface area (Å²) in [5.74, 6) is -0.186. The Morgan fingerprint density at radius 2 is 2.15 bits per heavy atom. The second-order valence-electron chi connectivity index (χ2n) is 4.09. The third-order valence-corrected chi connectivity index (χ3v) is 3.90. The van der Waals surface area contributed by atoms with Gasteiger partial charge in [-0.3, -0.25) is 4.79 Å². The monoisotopic (exact) mass is 297 g/mol. The Balaban J connectivity index is 2.80. The molecule has 0 aliphatic rings. The van der Waals surface area contributed by atoms with Gasteiger partial charge in [-0.2, -0.15) is 0 Å². The fourth-order valence-electron chi connectivity index (χ4n) is 1.47. The van der Waals surface area contributed by atoms with Gasteiger partial charge < -0.3 is 11.1 Å². The van der Waals surface area contributed by atoms with E-state index < -0.39 is 10.0 Å². The zero-order valence-electron chi connectivity index (χ0n) is 11.1. The first-order valence-electron chi connectivity index (χ1n) is 6.20. The lowest BCUT2D eigenvalue weighted by Gasteiger charge is -2.08. The lowest BCUT2D eigenvalue weighted by molar-refractivity contribution is -0.116. The lowest BCUT2D eigenvalue weighted by atomic mass is 10.2. The number of carbonyl (C=O) groups excluding carboxylic acids is 1. The Bertz CT molecular complexity index is 570. The normalized spacial score (nSPS) is 11.1. The van der Waals surface area contributed by atoms with E-state index in [9.17, 15) is 13.2 Å². The highest BCUT2D eigenvalue weighted by atomic mass is 32.2. The molecule has 0 saturated heterocycles. The molecule has 6 nitrogen and oxygen atoms in total. The topological polar surface area (TPSA) is 101 Å². The van der Waals surface area contributed by atoms with E-state index in [4.69, 9.17) is 5.73 Å². The summed E-state index contributed by atoms with van der Waals surface area (Å²) in [6.07, 6.45) is 2.53. The van der Waals surface area contributed by atoms with Crippen molar-refractivity contribution < 1.29 is 13.2 Å². The number of amides is 1. The van der Waals surface area contributed by atoms with Gasteiger partial charge in [-0.05, 0) is 24.6 Å². The molecule has 110 valence electrons. The number of nitrogens with two attached hydrogens (primary N) is 1. The Morgan fingerprint density at radius 1 is 1.40 bits per heavy atom. The first-order valence-corrected chi connectivity index (χ1v) is 7.68. The maximum absolute atomic E-state index is 11.9. The van der Waals surface area contributed by atoms with Gasteiger partial charge in [0.05, 0.1) is 4.90 Å². The van der Waals surface area contributed by atoms with E-state index >= 15 is 0 Å². The van der Waals surface area contributed by atoms with Crippen LogP contribution in [-0.4, -0.2) is 27.4 Å². The van der Waals surface area contributed by atoms with Crippen molar-refractivity contribution in [3.63, 3.8) is 0 Å². The van der Waals surface area contributed by atoms with Crippen LogP contribution in [0.4, 0.5) is 5.69 Å². The van der Waals surface area contributed by atoms with Gasteiger partial charge in [0.2, 0.25) is 15.9 Å². The molecule has 0 bridgehead atoms. The molecule has 0 aliphatic heterocycles. The Labute approximate surface area is 119 Å². The van der Waals surface area contributed by atoms with Crippen molar-refractivity contribution in [3.8, 4) is 0 Å². The summed E-state index contributed by atoms with van der Waals surface area (Å²) in [6, 6.07) is 6.07. The SMILES string of the molecule is C=CCCC(=O)Nc1cccc(S(=O)(=O)NCCN)c1. The highest BCUT2D eigenvalue weighted by Gasteiger charge is 2.13. The number of anilines is 1. The number of hydrogen-bond acceptors (Lipinski definition) is 4. The number of sulfonamides is 1. The highest BCUT2D eigenvalue weighted by Crippen LogP contribution is 2.15. The number of benzene rings is 1. The first kappa shape index (κ1) is 16.4. The third kappa shape index (κ3) is 5.12. The van der Waals surface area contributed by atoms with Crippen molar-refractivity contribution in [2.45, 2.75) is 17.7 Å². The Kier molecular flexibility index (Phi) is 6.37. The molecule has 0 saturated carbocycles. The van der Waals surface area contributed by atoms with Crippen LogP contribution in [-0.2, 0) is 14.8 Å². The van der Waals surface area contributed by atoms with Crippen LogP contribution in [0.5, 0.6) is 0 Å². The summed E-state index contributed by atoms with van der Waals surface area (Å²) in [5.41, 5.74) is 5.70. The van der Waals surface area contributed by atoms with Crippen molar-refractivity contribution in [2.24, 2.45) is 5.73 Å². The summed E-state index contributed by atoms with van der Waals surface area (Å²) >= 11 is 0. The van der Waals surface area contributed by atoms with Crippen molar-refractivity contribution in [3.05, 3.63) is 36.9 Å². The van der Waals surface area contributed by atoms with Crippen LogP contribution in [0.1, 0.15) is 12.8 Å². The molecule has 4 N–H and O–H groups in total. The average molecular weight is 297 g/mol. The number of hydrogen-bond donors (Lipinski definition) is 3. The molecule has 0 unspecified atom stereocenters. The average Bonchev–Trinajstić information content (AvgIpc) is 2.43. The molecular weight excluding hydrogens is 278 g/mol. The molecule has 1 rings (SSSR count). The second-order valence-corrected chi connectivity index (χ2v) is 5.86. The summed E-state index contributed by atoms with van der Waals surface area (Å²) in [6.45, 7) is 3.92. The van der Waals surface area contributed by atoms with E-state index in [2.05, 4.69) is 16.6 Å². The Hall–Kier alpha value is -1.70. The minimum Gasteiger partial charge on any atom is -0.329 e. The van der Waals surface area contributed by atoms with E-state index in [1.54, 1.807) is 18.2 Å². The number of nitrogens with one attached hydrogen (secondary N) is 2. The molecule has 20 heavy (non-hydrogen) atoms. The van der Waals surface area contributed by atoms with Gasteiger partial charge in [0.15, 0.2) is 0 Å². The van der Waals surface area contributed by atoms with Crippen LogP contribution in [0.2, 0.25) is 0 Å². The highest BCUT2D eigenvalue weighted by molar-refractivity contribution is 7.89. The summed E-state index contributed by atoms with van der Waals surface area (Å²) in [5, 5.41) is 2.64. The molecule has 0 atom stereocenters. The molecule has 1 aromatic carbocycles. The zero-order chi connectivity index (χ0) is 15.0. The summed E-state index contributed by atoms with van der Waals surface area (Å²) < 4.78 is 26.2. The maximum Gasteiger partial charge on any atom is 0.240 e. The predicted molar refractivity (Wildman–Crippen MR) is 78.7 cm³/mol. The molecule has 1 aromatic rings. The van der Waals surface area contributed by atoms with Crippen LogP contribution in [0, 0.1) is 0 Å². The smallest absolute Gasteiger partial charge is 0.240 e. The molecular formula is C13H19N3O3S.